The van der Waals surface area contributed by atoms with Crippen LogP contribution < -0.4 is 0 Å². The molecule has 1 N–H and O–H groups in total. The Morgan fingerprint density at radius 2 is 2.07 bits per heavy atom. The molecule has 0 fully saturated rings. The Morgan fingerprint density at radius 3 is 2.50 bits per heavy atom. The van der Waals surface area contributed by atoms with Gasteiger partial charge in [-0.1, -0.05) is 12.2 Å². The van der Waals surface area contributed by atoms with Crippen molar-refractivity contribution in [2.24, 2.45) is 5.92 Å². The summed E-state index contributed by atoms with van der Waals surface area (Å²) in [7, 11) is -0.723. The number of allylic oxidation sites excluding steroid dienone is 2. The van der Waals surface area contributed by atoms with Gasteiger partial charge in [-0.3, -0.25) is 4.57 Å². The van der Waals surface area contributed by atoms with E-state index < -0.39 is 13.4 Å². The molecule has 0 aromatic rings. The van der Waals surface area contributed by atoms with E-state index in [1.807, 2.05) is 6.08 Å². The molecule has 0 aliphatic heterocycles. The predicted octanol–water partition coefficient (Wildman–Crippen LogP) is 2.15. The van der Waals surface area contributed by atoms with Crippen LogP contribution in [0.25, 0.3) is 0 Å². The highest BCUT2D eigenvalue weighted by molar-refractivity contribution is 7.54. The molecule has 2 atom stereocenters. The van der Waals surface area contributed by atoms with Gasteiger partial charge in [0.15, 0.2) is 5.85 Å². The van der Waals surface area contributed by atoms with Crippen LogP contribution in [0.15, 0.2) is 12.2 Å². The van der Waals surface area contributed by atoms with Crippen LogP contribution in [0.4, 0.5) is 0 Å². The van der Waals surface area contributed by atoms with E-state index >= 15 is 0 Å². The molecule has 0 aromatic carbocycles. The van der Waals surface area contributed by atoms with Gasteiger partial charge in [-0.05, 0) is 19.3 Å². The summed E-state index contributed by atoms with van der Waals surface area (Å²) in [4.78, 5) is 0. The first-order valence-electron chi connectivity index (χ1n) is 4.68. The summed E-state index contributed by atoms with van der Waals surface area (Å²) < 4.78 is 21.4. The van der Waals surface area contributed by atoms with Gasteiger partial charge in [0.05, 0.1) is 0 Å². The normalized spacial score (nSPS) is 24.9. The summed E-state index contributed by atoms with van der Waals surface area (Å²) in [5.41, 5.74) is 0. The second-order valence-corrected chi connectivity index (χ2v) is 5.70. The molecular weight excluding hydrogens is 203 g/mol. The van der Waals surface area contributed by atoms with E-state index in [1.54, 1.807) is 0 Å². The zero-order valence-corrected chi connectivity index (χ0v) is 9.44. The maximum Gasteiger partial charge on any atom is 0.358 e. The van der Waals surface area contributed by atoms with Crippen molar-refractivity contribution in [1.82, 2.24) is 0 Å². The van der Waals surface area contributed by atoms with Gasteiger partial charge in [0.2, 0.25) is 0 Å². The lowest BCUT2D eigenvalue weighted by atomic mass is 9.95. The first-order valence-corrected chi connectivity index (χ1v) is 6.29. The van der Waals surface area contributed by atoms with Crippen LogP contribution in [-0.4, -0.2) is 25.2 Å². The van der Waals surface area contributed by atoms with Crippen LogP contribution in [0, 0.1) is 5.92 Å². The standard InChI is InChI=1S/C9H17O4P/c1-12-14(11,13-2)9(10)8-6-4-3-5-7-8/h3-4,8-10H,5-7H2,1-2H3/t8-,9-/m0/s1. The van der Waals surface area contributed by atoms with E-state index in [0.29, 0.717) is 0 Å². The number of aliphatic hydroxyl groups is 1. The molecule has 1 rings (SSSR count). The van der Waals surface area contributed by atoms with Gasteiger partial charge in [-0.25, -0.2) is 0 Å². The minimum absolute atomic E-state index is 0.0225. The molecule has 4 nitrogen and oxygen atoms in total. The fraction of sp³-hybridized carbons (Fsp3) is 0.778. The molecule has 0 saturated heterocycles. The third kappa shape index (κ3) is 2.45. The average Bonchev–Trinajstić information content (AvgIpc) is 2.28. The molecule has 1 aliphatic carbocycles. The molecule has 0 spiro atoms. The SMILES string of the molecule is COP(=O)(OC)[C@H](O)[C@H]1CC=CCC1. The molecule has 0 amide bonds. The van der Waals surface area contributed by atoms with Gasteiger partial charge in [0.25, 0.3) is 0 Å². The van der Waals surface area contributed by atoms with Gasteiger partial charge >= 0.3 is 7.60 Å². The van der Waals surface area contributed by atoms with Gasteiger partial charge in [0, 0.05) is 20.1 Å². The average molecular weight is 220 g/mol. The summed E-state index contributed by atoms with van der Waals surface area (Å²) in [6.45, 7) is 0. The summed E-state index contributed by atoms with van der Waals surface area (Å²) in [5, 5.41) is 9.85. The molecule has 1 aliphatic rings. The second kappa shape index (κ2) is 5.08. The summed E-state index contributed by atoms with van der Waals surface area (Å²) in [6, 6.07) is 0. The van der Waals surface area contributed by atoms with Crippen molar-refractivity contribution in [3.05, 3.63) is 12.2 Å². The Bertz CT molecular complexity index is 243. The molecule has 0 radical (unpaired) electrons. The van der Waals surface area contributed by atoms with Crippen LogP contribution in [0.2, 0.25) is 0 Å². The van der Waals surface area contributed by atoms with Gasteiger partial charge in [0.1, 0.15) is 0 Å². The number of rotatable bonds is 4. The third-order valence-electron chi connectivity index (χ3n) is 2.56. The van der Waals surface area contributed by atoms with Gasteiger partial charge in [-0.15, -0.1) is 0 Å². The molecule has 0 saturated carbocycles. The number of hydrogen-bond donors (Lipinski definition) is 1. The minimum Gasteiger partial charge on any atom is -0.380 e. The first-order chi connectivity index (χ1) is 6.64. The lowest BCUT2D eigenvalue weighted by Crippen LogP contribution is -2.22. The topological polar surface area (TPSA) is 55.8 Å². The Labute approximate surface area is 84.4 Å². The van der Waals surface area contributed by atoms with Crippen molar-refractivity contribution >= 4 is 7.60 Å². The van der Waals surface area contributed by atoms with Crippen molar-refractivity contribution in [3.8, 4) is 0 Å². The maximum atomic E-state index is 11.8. The highest BCUT2D eigenvalue weighted by Crippen LogP contribution is 2.54. The van der Waals surface area contributed by atoms with E-state index in [9.17, 15) is 9.67 Å². The monoisotopic (exact) mass is 220 g/mol. The van der Waals surface area contributed by atoms with Crippen molar-refractivity contribution < 1.29 is 18.7 Å². The van der Waals surface area contributed by atoms with Crippen LogP contribution in [0.3, 0.4) is 0 Å². The van der Waals surface area contributed by atoms with E-state index in [-0.39, 0.29) is 5.92 Å². The number of hydrogen-bond acceptors (Lipinski definition) is 4. The third-order valence-corrected chi connectivity index (χ3v) is 4.65. The zero-order valence-electron chi connectivity index (χ0n) is 8.55. The molecule has 0 unspecified atom stereocenters. The number of aliphatic hydroxyl groups excluding tert-OH is 1. The van der Waals surface area contributed by atoms with Gasteiger partial charge in [-0.2, -0.15) is 0 Å². The fourth-order valence-corrected chi connectivity index (χ4v) is 3.00. The molecule has 0 heterocycles. The maximum absolute atomic E-state index is 11.8. The van der Waals surface area contributed by atoms with E-state index in [2.05, 4.69) is 6.08 Å². The van der Waals surface area contributed by atoms with Crippen molar-refractivity contribution in [1.29, 1.82) is 0 Å². The molecule has 14 heavy (non-hydrogen) atoms. The van der Waals surface area contributed by atoms with E-state index in [1.165, 1.54) is 14.2 Å². The highest BCUT2D eigenvalue weighted by atomic mass is 31.2. The quantitative estimate of drug-likeness (QED) is 0.582. The second-order valence-electron chi connectivity index (χ2n) is 3.36. The molecular formula is C9H17O4P. The van der Waals surface area contributed by atoms with E-state index in [0.717, 1.165) is 19.3 Å². The fourth-order valence-electron chi connectivity index (χ4n) is 1.64. The van der Waals surface area contributed by atoms with Crippen molar-refractivity contribution in [3.63, 3.8) is 0 Å². The summed E-state index contributed by atoms with van der Waals surface area (Å²) in [5.74, 6) is -1.03. The van der Waals surface area contributed by atoms with E-state index in [4.69, 9.17) is 9.05 Å². The lowest BCUT2D eigenvalue weighted by Gasteiger charge is -2.27. The largest absolute Gasteiger partial charge is 0.380 e. The Hall–Kier alpha value is -0.150. The first kappa shape index (κ1) is 11.9. The molecule has 5 heteroatoms. The van der Waals surface area contributed by atoms with Gasteiger partial charge < -0.3 is 14.2 Å². The molecule has 0 bridgehead atoms. The Kier molecular flexibility index (Phi) is 4.32. The van der Waals surface area contributed by atoms with Crippen LogP contribution in [-0.2, 0) is 13.6 Å². The smallest absolute Gasteiger partial charge is 0.358 e. The minimum atomic E-state index is -3.32. The van der Waals surface area contributed by atoms with Crippen LogP contribution in [0.1, 0.15) is 19.3 Å². The Morgan fingerprint density at radius 1 is 1.43 bits per heavy atom. The summed E-state index contributed by atoms with van der Waals surface area (Å²) in [6.07, 6.45) is 6.53. The van der Waals surface area contributed by atoms with Crippen LogP contribution >= 0.6 is 7.60 Å². The van der Waals surface area contributed by atoms with Crippen molar-refractivity contribution in [2.45, 2.75) is 25.1 Å². The molecule has 82 valence electrons. The predicted molar refractivity (Wildman–Crippen MR) is 54.1 cm³/mol. The lowest BCUT2D eigenvalue weighted by molar-refractivity contribution is 0.123. The summed E-state index contributed by atoms with van der Waals surface area (Å²) >= 11 is 0. The van der Waals surface area contributed by atoms with Crippen molar-refractivity contribution in [2.75, 3.05) is 14.2 Å². The van der Waals surface area contributed by atoms with Crippen LogP contribution in [0.5, 0.6) is 0 Å². The highest BCUT2D eigenvalue weighted by Gasteiger charge is 2.38. The molecule has 0 aromatic heterocycles. The Balaban J connectivity index is 2.67. The zero-order chi connectivity index (χ0) is 10.6.